The lowest BCUT2D eigenvalue weighted by Crippen LogP contribution is -2.36. The Morgan fingerprint density at radius 1 is 1.21 bits per heavy atom. The van der Waals surface area contributed by atoms with Crippen LogP contribution in [0.4, 0.5) is 0 Å². The number of hydrogen-bond acceptors (Lipinski definition) is 8. The summed E-state index contributed by atoms with van der Waals surface area (Å²) < 4.78 is 21.4. The van der Waals surface area contributed by atoms with Crippen LogP contribution in [-0.4, -0.2) is 60.6 Å². The van der Waals surface area contributed by atoms with E-state index in [0.717, 1.165) is 0 Å². The first kappa shape index (κ1) is 20.3. The molecule has 5 atom stereocenters. The summed E-state index contributed by atoms with van der Waals surface area (Å²) in [4.78, 5) is 24.9. The summed E-state index contributed by atoms with van der Waals surface area (Å²) in [5.74, 6) is -0.971. The van der Waals surface area contributed by atoms with E-state index in [-0.39, 0.29) is 23.5 Å². The number of ketones is 1. The number of phenols is 1. The number of rotatable bonds is 2. The Labute approximate surface area is 162 Å². The summed E-state index contributed by atoms with van der Waals surface area (Å²) >= 11 is 0. The molecule has 0 saturated carbocycles. The lowest BCUT2D eigenvalue weighted by atomic mass is 9.96. The summed E-state index contributed by atoms with van der Waals surface area (Å²) in [5.41, 5.74) is 0.425. The van der Waals surface area contributed by atoms with Crippen LogP contribution in [0.1, 0.15) is 41.8 Å². The fraction of sp³-hybridized carbons (Fsp3) is 0.500. The van der Waals surface area contributed by atoms with E-state index in [4.69, 9.17) is 18.9 Å². The normalized spacial score (nSPS) is 30.6. The van der Waals surface area contributed by atoms with Gasteiger partial charge in [-0.25, -0.2) is 4.79 Å². The number of esters is 1. The molecule has 0 aliphatic carbocycles. The maximum atomic E-state index is 12.7. The number of carbonyl (C=O) groups is 2. The van der Waals surface area contributed by atoms with Gasteiger partial charge < -0.3 is 29.2 Å². The number of fused-ring (bicyclic) bond motifs is 3. The molecule has 0 bridgehead atoms. The molecule has 2 aliphatic heterocycles. The third-order valence-electron chi connectivity index (χ3n) is 4.87. The number of methoxy groups -OCH3 is 2. The van der Waals surface area contributed by atoms with Crippen LogP contribution in [0.15, 0.2) is 24.3 Å². The Hall–Kier alpha value is -2.42. The Kier molecular flexibility index (Phi) is 6.02. The van der Waals surface area contributed by atoms with Gasteiger partial charge in [0.05, 0.1) is 19.3 Å². The number of ether oxygens (including phenoxy) is 4. The summed E-state index contributed by atoms with van der Waals surface area (Å²) in [5, 5.41) is 20.8. The minimum Gasteiger partial charge on any atom is -0.507 e. The number of aromatic hydroxyl groups is 1. The summed E-state index contributed by atoms with van der Waals surface area (Å²) in [6, 6.07) is 2.93. The monoisotopic (exact) mass is 392 g/mol. The molecule has 0 radical (unpaired) electrons. The molecule has 2 N–H and O–H groups in total. The highest BCUT2D eigenvalue weighted by Crippen LogP contribution is 2.46. The Morgan fingerprint density at radius 2 is 1.96 bits per heavy atom. The van der Waals surface area contributed by atoms with Crippen molar-refractivity contribution in [2.24, 2.45) is 0 Å². The van der Waals surface area contributed by atoms with Gasteiger partial charge in [-0.1, -0.05) is 6.08 Å². The van der Waals surface area contributed by atoms with E-state index in [1.165, 1.54) is 26.4 Å². The molecule has 2 heterocycles. The third kappa shape index (κ3) is 4.19. The van der Waals surface area contributed by atoms with E-state index in [1.807, 2.05) is 0 Å². The molecule has 1 fully saturated rings. The molecule has 1 aromatic carbocycles. The average Bonchev–Trinajstić information content (AvgIpc) is 3.39. The van der Waals surface area contributed by atoms with E-state index in [2.05, 4.69) is 0 Å². The van der Waals surface area contributed by atoms with Gasteiger partial charge in [-0.3, -0.25) is 4.79 Å². The molecular formula is C20H24O8. The Morgan fingerprint density at radius 3 is 2.64 bits per heavy atom. The second kappa shape index (κ2) is 8.30. The van der Waals surface area contributed by atoms with Crippen LogP contribution in [0.3, 0.4) is 0 Å². The molecular weight excluding hydrogens is 368 g/mol. The molecule has 2 aliphatic rings. The van der Waals surface area contributed by atoms with Gasteiger partial charge in [-0.15, -0.1) is 0 Å². The van der Waals surface area contributed by atoms with Crippen LogP contribution in [0.2, 0.25) is 0 Å². The van der Waals surface area contributed by atoms with E-state index in [1.54, 1.807) is 19.1 Å². The van der Waals surface area contributed by atoms with Crippen molar-refractivity contribution in [1.82, 2.24) is 0 Å². The molecule has 3 rings (SSSR count). The molecule has 0 aromatic heterocycles. The van der Waals surface area contributed by atoms with Crippen LogP contribution in [0.5, 0.6) is 11.5 Å². The van der Waals surface area contributed by atoms with Crippen molar-refractivity contribution in [2.45, 2.75) is 50.3 Å². The van der Waals surface area contributed by atoms with Crippen molar-refractivity contribution in [3.8, 4) is 11.5 Å². The standard InChI is InChI=1S/C20H24O8/c1-10-5-4-6-13(21)19(26-3)15(23)9-16-18(28-16)12-7-11(25-2)8-14(22)17(12)20(24)27-10/h4,6-8,10,15-16,18-19,22-23H,5,9H2,1-3H3. The predicted molar refractivity (Wildman–Crippen MR) is 97.3 cm³/mol. The highest BCUT2D eigenvalue weighted by atomic mass is 16.6. The zero-order chi connectivity index (χ0) is 20.4. The molecule has 8 nitrogen and oxygen atoms in total. The topological polar surface area (TPSA) is 115 Å². The molecule has 8 heteroatoms. The molecule has 1 saturated heterocycles. The van der Waals surface area contributed by atoms with E-state index in [9.17, 15) is 19.8 Å². The predicted octanol–water partition coefficient (Wildman–Crippen LogP) is 1.68. The number of hydrogen-bond donors (Lipinski definition) is 2. The van der Waals surface area contributed by atoms with E-state index >= 15 is 0 Å². The number of benzene rings is 1. The molecule has 1 aromatic rings. The van der Waals surface area contributed by atoms with Gasteiger partial charge in [0, 0.05) is 31.6 Å². The second-order valence-corrected chi connectivity index (χ2v) is 6.92. The van der Waals surface area contributed by atoms with Crippen molar-refractivity contribution in [3.63, 3.8) is 0 Å². The molecule has 28 heavy (non-hydrogen) atoms. The van der Waals surface area contributed by atoms with Gasteiger partial charge in [0.2, 0.25) is 0 Å². The number of carbonyl (C=O) groups excluding carboxylic acids is 2. The van der Waals surface area contributed by atoms with Gasteiger partial charge in [-0.05, 0) is 19.1 Å². The van der Waals surface area contributed by atoms with Crippen molar-refractivity contribution in [1.29, 1.82) is 0 Å². The smallest absolute Gasteiger partial charge is 0.342 e. The quantitative estimate of drug-likeness (QED) is 0.577. The first-order valence-corrected chi connectivity index (χ1v) is 9.04. The maximum Gasteiger partial charge on any atom is 0.342 e. The van der Waals surface area contributed by atoms with E-state index in [0.29, 0.717) is 17.7 Å². The van der Waals surface area contributed by atoms with Crippen LogP contribution in [0.25, 0.3) is 0 Å². The van der Waals surface area contributed by atoms with Crippen LogP contribution >= 0.6 is 0 Å². The van der Waals surface area contributed by atoms with Crippen LogP contribution < -0.4 is 4.74 Å². The first-order valence-electron chi connectivity index (χ1n) is 9.04. The average molecular weight is 392 g/mol. The van der Waals surface area contributed by atoms with Crippen molar-refractivity contribution in [3.05, 3.63) is 35.4 Å². The fourth-order valence-corrected chi connectivity index (χ4v) is 3.37. The van der Waals surface area contributed by atoms with Crippen LogP contribution in [-0.2, 0) is 19.0 Å². The highest BCUT2D eigenvalue weighted by Gasteiger charge is 2.46. The van der Waals surface area contributed by atoms with E-state index < -0.39 is 36.5 Å². The maximum absolute atomic E-state index is 12.7. The minimum absolute atomic E-state index is 0.00930. The van der Waals surface area contributed by atoms with Gasteiger partial charge in [0.1, 0.15) is 35.4 Å². The molecule has 0 amide bonds. The van der Waals surface area contributed by atoms with Crippen molar-refractivity contribution < 1.29 is 38.7 Å². The van der Waals surface area contributed by atoms with Gasteiger partial charge in [0.25, 0.3) is 0 Å². The lowest BCUT2D eigenvalue weighted by molar-refractivity contribution is -0.131. The molecule has 152 valence electrons. The van der Waals surface area contributed by atoms with Gasteiger partial charge in [0.15, 0.2) is 5.78 Å². The second-order valence-electron chi connectivity index (χ2n) is 6.92. The fourth-order valence-electron chi connectivity index (χ4n) is 3.37. The molecule has 0 spiro atoms. The van der Waals surface area contributed by atoms with Crippen molar-refractivity contribution in [2.75, 3.05) is 14.2 Å². The summed E-state index contributed by atoms with van der Waals surface area (Å²) in [7, 11) is 2.80. The summed E-state index contributed by atoms with van der Waals surface area (Å²) in [6.07, 6.45) is -0.305. The number of phenolic OH excluding ortho intramolecular Hbond substituents is 1. The van der Waals surface area contributed by atoms with Crippen LogP contribution in [0, 0.1) is 0 Å². The number of aliphatic hydroxyl groups excluding tert-OH is 1. The van der Waals surface area contributed by atoms with Gasteiger partial charge in [-0.2, -0.15) is 0 Å². The first-order chi connectivity index (χ1) is 13.3. The SMILES string of the molecule is COc1cc(O)c2c(c1)C1OC1CC(O)C(OC)C(=O)C=CCC(C)OC2=O. The van der Waals surface area contributed by atoms with Gasteiger partial charge >= 0.3 is 5.97 Å². The Bertz CT molecular complexity index is 787. The number of epoxide rings is 1. The Balaban J connectivity index is 1.98. The zero-order valence-corrected chi connectivity index (χ0v) is 16.0. The number of cyclic esters (lactones) is 1. The zero-order valence-electron chi connectivity index (χ0n) is 16.0. The third-order valence-corrected chi connectivity index (χ3v) is 4.87. The highest BCUT2D eigenvalue weighted by molar-refractivity contribution is 5.95. The lowest BCUT2D eigenvalue weighted by Gasteiger charge is -2.19. The number of aliphatic hydroxyl groups is 1. The van der Waals surface area contributed by atoms with Crippen molar-refractivity contribution >= 4 is 11.8 Å². The minimum atomic E-state index is -1.08. The largest absolute Gasteiger partial charge is 0.507 e. The summed E-state index contributed by atoms with van der Waals surface area (Å²) in [6.45, 7) is 1.68. The molecule has 5 unspecified atom stereocenters.